The van der Waals surface area contributed by atoms with Crippen LogP contribution in [-0.2, 0) is 4.79 Å². The van der Waals surface area contributed by atoms with E-state index in [9.17, 15) is 4.79 Å². The molecule has 2 N–H and O–H groups in total. The summed E-state index contributed by atoms with van der Waals surface area (Å²) < 4.78 is 6.04. The van der Waals surface area contributed by atoms with Gasteiger partial charge >= 0.3 is 0 Å². The number of hydrogen-bond donors (Lipinski definition) is 1. The highest BCUT2D eigenvalue weighted by atomic mass is 32.2. The lowest BCUT2D eigenvalue weighted by molar-refractivity contribution is -0.116. The Kier molecular flexibility index (Phi) is 3.94. The van der Waals surface area contributed by atoms with Gasteiger partial charge in [0.1, 0.15) is 23.0 Å². The van der Waals surface area contributed by atoms with E-state index in [1.807, 2.05) is 60.7 Å². The van der Waals surface area contributed by atoms with Gasteiger partial charge in [-0.25, -0.2) is 0 Å². The Morgan fingerprint density at radius 3 is 2.52 bits per heavy atom. The van der Waals surface area contributed by atoms with Gasteiger partial charge in [-0.2, -0.15) is 10.1 Å². The normalized spacial score (nSPS) is 14.8. The van der Waals surface area contributed by atoms with Crippen molar-refractivity contribution < 1.29 is 9.53 Å². The van der Waals surface area contributed by atoms with Crippen molar-refractivity contribution in [2.24, 2.45) is 10.8 Å². The van der Waals surface area contributed by atoms with Gasteiger partial charge in [-0.15, -0.1) is 10.2 Å². The van der Waals surface area contributed by atoms with Crippen LogP contribution in [0, 0.1) is 0 Å². The Bertz CT molecular complexity index is 1420. The number of nitrogens with two attached hydrogens (primary N) is 1. The third-order valence-electron chi connectivity index (χ3n) is 5.17. The quantitative estimate of drug-likeness (QED) is 0.446. The van der Waals surface area contributed by atoms with Crippen LogP contribution in [0.4, 0.5) is 5.82 Å². The van der Waals surface area contributed by atoms with Crippen LogP contribution in [0.1, 0.15) is 6.42 Å². The molecule has 0 bridgehead atoms. The van der Waals surface area contributed by atoms with E-state index in [4.69, 9.17) is 10.5 Å². The fourth-order valence-electron chi connectivity index (χ4n) is 3.75. The second kappa shape index (κ2) is 6.82. The summed E-state index contributed by atoms with van der Waals surface area (Å²) >= 11 is 1.66. The first-order valence-corrected chi connectivity index (χ1v) is 10.5. The largest absolute Gasteiger partial charge is 0.455 e. The molecule has 0 aliphatic carbocycles. The zero-order valence-electron chi connectivity index (χ0n) is 16.1. The highest BCUT2D eigenvalue weighted by Gasteiger charge is 2.27. The molecule has 1 aromatic heterocycles. The molecule has 2 aliphatic heterocycles. The first kappa shape index (κ1) is 17.9. The number of nitrogens with zero attached hydrogens (tertiary/aromatic N) is 4. The molecule has 7 nitrogen and oxygen atoms in total. The Labute approximate surface area is 181 Å². The van der Waals surface area contributed by atoms with Gasteiger partial charge in [0, 0.05) is 16.3 Å². The van der Waals surface area contributed by atoms with Crippen LogP contribution in [-0.4, -0.2) is 21.9 Å². The van der Waals surface area contributed by atoms with Gasteiger partial charge in [0.2, 0.25) is 0 Å². The average Bonchev–Trinajstić information content (AvgIpc) is 3.14. The van der Waals surface area contributed by atoms with Crippen molar-refractivity contribution in [3.8, 4) is 22.8 Å². The van der Waals surface area contributed by atoms with Crippen molar-refractivity contribution in [2.75, 3.05) is 5.01 Å². The maximum Gasteiger partial charge on any atom is 0.256 e. The van der Waals surface area contributed by atoms with E-state index < -0.39 is 0 Å². The molecule has 1 amide bonds. The maximum atomic E-state index is 12.3. The molecule has 0 spiro atoms. The number of para-hydroxylation sites is 1. The van der Waals surface area contributed by atoms with E-state index in [2.05, 4.69) is 21.4 Å². The van der Waals surface area contributed by atoms with E-state index in [-0.39, 0.29) is 18.2 Å². The lowest BCUT2D eigenvalue weighted by atomic mass is 10.0. The van der Waals surface area contributed by atoms with Gasteiger partial charge in [-0.05, 0) is 30.3 Å². The first-order chi connectivity index (χ1) is 15.2. The SMILES string of the molecule is NC1=NN(c2nnc(-c3ccc4c(c3)Sc3ccccc3O4)c3ccccc23)C(=O)C1. The van der Waals surface area contributed by atoms with Crippen LogP contribution < -0.4 is 15.5 Å². The number of carbonyl (C=O) groups excluding carboxylic acids is 1. The number of aromatic nitrogens is 2. The number of hydrazone groups is 1. The number of anilines is 1. The minimum Gasteiger partial charge on any atom is -0.455 e. The zero-order valence-corrected chi connectivity index (χ0v) is 17.0. The molecule has 0 radical (unpaired) electrons. The molecule has 0 unspecified atom stereocenters. The van der Waals surface area contributed by atoms with Crippen molar-refractivity contribution in [3.05, 3.63) is 66.7 Å². The molecule has 0 saturated carbocycles. The predicted octanol–water partition coefficient (Wildman–Crippen LogP) is 4.56. The van der Waals surface area contributed by atoms with Crippen molar-refractivity contribution in [2.45, 2.75) is 16.2 Å². The summed E-state index contributed by atoms with van der Waals surface area (Å²) in [6.07, 6.45) is 0.0846. The first-order valence-electron chi connectivity index (χ1n) is 9.68. The molecule has 2 aliphatic rings. The summed E-state index contributed by atoms with van der Waals surface area (Å²) in [7, 11) is 0. The lowest BCUT2D eigenvalue weighted by Crippen LogP contribution is -2.21. The number of ether oxygens (including phenoxy) is 1. The third-order valence-corrected chi connectivity index (χ3v) is 6.27. The van der Waals surface area contributed by atoms with Crippen LogP contribution in [0.3, 0.4) is 0 Å². The summed E-state index contributed by atoms with van der Waals surface area (Å²) in [5, 5.41) is 15.8. The second-order valence-corrected chi connectivity index (χ2v) is 8.29. The minimum absolute atomic E-state index is 0.0846. The third kappa shape index (κ3) is 2.91. The topological polar surface area (TPSA) is 93.7 Å². The molecule has 3 heterocycles. The Morgan fingerprint density at radius 1 is 0.903 bits per heavy atom. The van der Waals surface area contributed by atoms with Crippen molar-refractivity contribution >= 4 is 40.1 Å². The summed E-state index contributed by atoms with van der Waals surface area (Å²) in [6, 6.07) is 21.7. The Balaban J connectivity index is 1.47. The van der Waals surface area contributed by atoms with Gasteiger partial charge in [0.15, 0.2) is 5.82 Å². The van der Waals surface area contributed by atoms with Crippen LogP contribution >= 0.6 is 11.8 Å². The minimum atomic E-state index is -0.217. The molecule has 3 aromatic carbocycles. The van der Waals surface area contributed by atoms with E-state index in [0.717, 1.165) is 43.3 Å². The van der Waals surface area contributed by atoms with Gasteiger partial charge in [0.05, 0.1) is 16.2 Å². The number of amides is 1. The number of fused-ring (bicyclic) bond motifs is 3. The van der Waals surface area contributed by atoms with Gasteiger partial charge in [-0.3, -0.25) is 4.79 Å². The highest BCUT2D eigenvalue weighted by molar-refractivity contribution is 7.99. The molecule has 8 heteroatoms. The number of rotatable bonds is 2. The highest BCUT2D eigenvalue weighted by Crippen LogP contribution is 2.48. The predicted molar refractivity (Wildman–Crippen MR) is 119 cm³/mol. The lowest BCUT2D eigenvalue weighted by Gasteiger charge is -2.20. The zero-order chi connectivity index (χ0) is 20.9. The van der Waals surface area contributed by atoms with Crippen LogP contribution in [0.5, 0.6) is 11.5 Å². The molecule has 6 rings (SSSR count). The number of hydrogen-bond acceptors (Lipinski definition) is 7. The Hall–Kier alpha value is -3.91. The van der Waals surface area contributed by atoms with Crippen LogP contribution in [0.15, 0.2) is 81.6 Å². The van der Waals surface area contributed by atoms with E-state index in [0.29, 0.717) is 5.82 Å². The van der Waals surface area contributed by atoms with E-state index in [1.54, 1.807) is 11.8 Å². The molecular formula is C23H15N5O2S. The van der Waals surface area contributed by atoms with Crippen molar-refractivity contribution in [1.82, 2.24) is 10.2 Å². The van der Waals surface area contributed by atoms with Crippen molar-refractivity contribution in [3.63, 3.8) is 0 Å². The molecule has 150 valence electrons. The average molecular weight is 425 g/mol. The molecule has 4 aromatic rings. The van der Waals surface area contributed by atoms with Crippen LogP contribution in [0.25, 0.3) is 22.0 Å². The van der Waals surface area contributed by atoms with E-state index >= 15 is 0 Å². The summed E-state index contributed by atoms with van der Waals surface area (Å²) in [6.45, 7) is 0. The van der Waals surface area contributed by atoms with Crippen LogP contribution in [0.2, 0.25) is 0 Å². The van der Waals surface area contributed by atoms with Gasteiger partial charge in [0.25, 0.3) is 5.91 Å². The fraction of sp³-hybridized carbons (Fsp3) is 0.0435. The standard InChI is InChI=1S/C23H15N5O2S/c24-20-12-21(29)28(27-20)23-15-6-2-1-5-14(15)22(25-26-23)13-9-10-17-19(11-13)31-18-8-4-3-7-16(18)30-17/h1-11H,12H2,(H2,24,27). The molecule has 31 heavy (non-hydrogen) atoms. The molecule has 0 atom stereocenters. The van der Waals surface area contributed by atoms with Gasteiger partial charge < -0.3 is 10.5 Å². The van der Waals surface area contributed by atoms with Crippen molar-refractivity contribution in [1.29, 1.82) is 0 Å². The smallest absolute Gasteiger partial charge is 0.256 e. The van der Waals surface area contributed by atoms with Gasteiger partial charge in [-0.1, -0.05) is 48.2 Å². The number of carbonyl (C=O) groups is 1. The monoisotopic (exact) mass is 425 g/mol. The number of amidine groups is 1. The molecule has 0 saturated heterocycles. The Morgan fingerprint density at radius 2 is 1.68 bits per heavy atom. The van der Waals surface area contributed by atoms with E-state index in [1.165, 1.54) is 5.01 Å². The molecular weight excluding hydrogens is 410 g/mol. The summed E-state index contributed by atoms with van der Waals surface area (Å²) in [4.78, 5) is 14.4. The maximum absolute atomic E-state index is 12.3. The fourth-order valence-corrected chi connectivity index (χ4v) is 4.74. The number of benzene rings is 3. The second-order valence-electron chi connectivity index (χ2n) is 7.20. The molecule has 0 fully saturated rings. The summed E-state index contributed by atoms with van der Waals surface area (Å²) in [5.74, 6) is 2.11. The summed E-state index contributed by atoms with van der Waals surface area (Å²) in [5.41, 5.74) is 7.39.